The fraction of sp³-hybridized carbons (Fsp3) is 0.612. The van der Waals surface area contributed by atoms with E-state index in [2.05, 4.69) is 15.2 Å². The highest BCUT2D eigenvalue weighted by molar-refractivity contribution is 7.46. The maximum absolute atomic E-state index is 14.4. The number of Topliss-reactive ketones (excluding diaryl/α,β-unsaturated/α-hetero) is 2. The van der Waals surface area contributed by atoms with Crippen molar-refractivity contribution in [3.8, 4) is 5.75 Å². The third-order valence-corrected chi connectivity index (χ3v) is 14.6. The van der Waals surface area contributed by atoms with Gasteiger partial charge in [-0.3, -0.25) is 57.9 Å². The van der Waals surface area contributed by atoms with Crippen LogP contribution >= 0.6 is 19.2 Å². The number of benzene rings is 1. The van der Waals surface area contributed by atoms with Gasteiger partial charge in [-0.15, -0.1) is 11.3 Å². The number of carboxylic acids is 1. The number of likely N-dealkylation sites (N-methyl/N-ethyl adjacent to an activating group) is 1. The number of likely N-dealkylation sites (tertiary alicyclic amines) is 1. The number of aliphatic carboxylic acids is 1. The first-order valence-electron chi connectivity index (χ1n) is 24.0. The number of nitrogens with one attached hydrogen (secondary N) is 1. The molecule has 1 fully saturated rings. The molecule has 0 saturated carbocycles. The molecule has 21 heteroatoms. The van der Waals surface area contributed by atoms with Crippen molar-refractivity contribution in [2.45, 2.75) is 137 Å². The minimum absolute atomic E-state index is 0.0468. The number of thiazole rings is 1. The third kappa shape index (κ3) is 17.0. The number of imide groups is 1. The minimum atomic E-state index is -5.09. The molecule has 0 radical (unpaired) electrons. The molecular formula is C49H70N5O14PS. The summed E-state index contributed by atoms with van der Waals surface area (Å²) in [5, 5.41) is 14.3. The van der Waals surface area contributed by atoms with Gasteiger partial charge in [-0.05, 0) is 87.6 Å². The van der Waals surface area contributed by atoms with E-state index in [0.717, 1.165) is 54.2 Å². The number of hydrogen-bond acceptors (Lipinski definition) is 14. The molecule has 4 N–H and O–H groups in total. The average Bonchev–Trinajstić information content (AvgIpc) is 3.91. The highest BCUT2D eigenvalue weighted by atomic mass is 32.1. The van der Waals surface area contributed by atoms with Crippen LogP contribution in [0.5, 0.6) is 5.75 Å². The van der Waals surface area contributed by atoms with Crippen molar-refractivity contribution in [3.05, 3.63) is 52.0 Å². The van der Waals surface area contributed by atoms with Crippen LogP contribution in [0, 0.1) is 29.6 Å². The van der Waals surface area contributed by atoms with Gasteiger partial charge in [0.1, 0.15) is 10.7 Å². The summed E-state index contributed by atoms with van der Waals surface area (Å²) in [6, 6.07) is 3.48. The van der Waals surface area contributed by atoms with Gasteiger partial charge in [0.2, 0.25) is 11.8 Å². The van der Waals surface area contributed by atoms with Crippen LogP contribution in [-0.4, -0.2) is 121 Å². The van der Waals surface area contributed by atoms with Crippen molar-refractivity contribution >= 4 is 72.0 Å². The molecule has 4 amide bonds. The summed E-state index contributed by atoms with van der Waals surface area (Å²) in [6.07, 6.45) is 5.60. The van der Waals surface area contributed by atoms with Crippen LogP contribution < -0.4 is 9.84 Å². The molecule has 1 aromatic carbocycles. The number of phosphoric acid groups is 1. The number of ketones is 2. The number of rotatable bonds is 28. The summed E-state index contributed by atoms with van der Waals surface area (Å²) < 4.78 is 22.5. The number of esters is 1. The normalized spacial score (nSPS) is 17.9. The maximum Gasteiger partial charge on any atom is 0.524 e. The standard InChI is InChI=1S/C49H70N5O14PS/c1-9-30(4)35(26-41(57)38-14-10-12-20-52(38)7)48(61)53(8)39(29(2)3)27-43(67-32(6)55)47-51-37(28-70-47)40(56)25-34(22-31(5)49(62)63)23-33-16-17-42(68-69(64,65)66)36(24-33)50-44(58)15-11-13-21-54-45(59)18-19-46(54)60/h16-19,24,28-31,34-35,38-39,43H,9-15,20-23,25-27H2,1-8H3,(H,50,58)(H,62,63)(H2,64,65,66)/t30-,31?,34+,35?,38+,39+,43+/m0/s1. The van der Waals surface area contributed by atoms with Gasteiger partial charge in [0, 0.05) is 75.7 Å². The van der Waals surface area contributed by atoms with Gasteiger partial charge in [0.25, 0.3) is 11.8 Å². The second-order valence-corrected chi connectivity index (χ2v) is 21.1. The number of carboxylic acid groups (broad SMARTS) is 1. The molecule has 70 heavy (non-hydrogen) atoms. The van der Waals surface area contributed by atoms with Crippen LogP contribution in [0.25, 0.3) is 0 Å². The van der Waals surface area contributed by atoms with Crippen LogP contribution in [-0.2, 0) is 49.3 Å². The van der Waals surface area contributed by atoms with Gasteiger partial charge < -0.3 is 24.6 Å². The lowest BCUT2D eigenvalue weighted by molar-refractivity contribution is -0.150. The van der Waals surface area contributed by atoms with Crippen molar-refractivity contribution in [2.24, 2.45) is 29.6 Å². The van der Waals surface area contributed by atoms with E-state index in [1.807, 2.05) is 34.7 Å². The first-order chi connectivity index (χ1) is 32.9. The number of carbonyl (C=O) groups excluding carboxylic acids is 7. The quantitative estimate of drug-likeness (QED) is 0.0225. The van der Waals surface area contributed by atoms with Crippen LogP contribution in [0.3, 0.4) is 0 Å². The number of unbranched alkanes of at least 4 members (excludes halogenated alkanes) is 1. The molecule has 0 bridgehead atoms. The van der Waals surface area contributed by atoms with Crippen LogP contribution in [0.1, 0.15) is 139 Å². The Bertz CT molecular complexity index is 2280. The largest absolute Gasteiger partial charge is 0.524 e. The summed E-state index contributed by atoms with van der Waals surface area (Å²) in [6.45, 7) is 11.6. The molecule has 7 atom stereocenters. The van der Waals surface area contributed by atoms with Crippen LogP contribution in [0.15, 0.2) is 35.7 Å². The Morgan fingerprint density at radius 2 is 1.69 bits per heavy atom. The summed E-state index contributed by atoms with van der Waals surface area (Å²) in [7, 11) is -1.43. The number of phosphoric ester groups is 1. The highest BCUT2D eigenvalue weighted by Gasteiger charge is 2.38. The molecule has 19 nitrogen and oxygen atoms in total. The van der Waals surface area contributed by atoms with Crippen molar-refractivity contribution < 1.29 is 67.1 Å². The molecule has 2 unspecified atom stereocenters. The number of aromatic nitrogens is 1. The van der Waals surface area contributed by atoms with Gasteiger partial charge in [-0.1, -0.05) is 53.5 Å². The van der Waals surface area contributed by atoms with Crippen molar-refractivity contribution in [1.82, 2.24) is 19.7 Å². The molecule has 1 saturated heterocycles. The number of amides is 4. The van der Waals surface area contributed by atoms with Gasteiger partial charge in [0.05, 0.1) is 17.6 Å². The molecule has 386 valence electrons. The lowest BCUT2D eigenvalue weighted by atomic mass is 9.83. The van der Waals surface area contributed by atoms with Gasteiger partial charge in [-0.25, -0.2) is 9.55 Å². The zero-order valence-corrected chi connectivity index (χ0v) is 43.2. The Kier molecular flexibility index (Phi) is 21.6. The van der Waals surface area contributed by atoms with Crippen LogP contribution in [0.4, 0.5) is 5.69 Å². The Labute approximate surface area is 414 Å². The fourth-order valence-corrected chi connectivity index (χ4v) is 10.4. The van der Waals surface area contributed by atoms with Crippen molar-refractivity contribution in [1.29, 1.82) is 0 Å². The van der Waals surface area contributed by atoms with Gasteiger partial charge >= 0.3 is 19.8 Å². The Balaban J connectivity index is 1.52. The van der Waals surface area contributed by atoms with E-state index < -0.39 is 73.2 Å². The first kappa shape index (κ1) is 57.4. The molecule has 3 heterocycles. The lowest BCUT2D eigenvalue weighted by Crippen LogP contribution is -2.48. The maximum atomic E-state index is 14.4. The summed E-state index contributed by atoms with van der Waals surface area (Å²) >= 11 is 1.11. The van der Waals surface area contributed by atoms with E-state index in [1.165, 1.54) is 37.4 Å². The van der Waals surface area contributed by atoms with E-state index in [9.17, 15) is 57.8 Å². The SMILES string of the molecule is CC[C@H](C)C(CC(=O)[C@H]1CCCCN1C)C(=O)N(C)[C@H](C[C@@H](OC(C)=O)c1nc(C(=O)C[C@@H](Cc2ccc(OP(=O)(O)O)c(NC(=O)CCCCN3C(=O)C=CC3=O)c2)CC(C)C(=O)O)cs1)C(C)C. The van der Waals surface area contributed by atoms with Gasteiger partial charge in [-0.2, -0.15) is 0 Å². The van der Waals surface area contributed by atoms with E-state index in [0.29, 0.717) is 23.4 Å². The van der Waals surface area contributed by atoms with Crippen molar-refractivity contribution in [2.75, 3.05) is 32.5 Å². The predicted molar refractivity (Wildman–Crippen MR) is 260 cm³/mol. The highest BCUT2D eigenvalue weighted by Crippen LogP contribution is 2.42. The molecule has 2 aliphatic rings. The molecule has 0 spiro atoms. The third-order valence-electron chi connectivity index (χ3n) is 13.3. The number of piperidine rings is 1. The van der Waals surface area contributed by atoms with Crippen LogP contribution in [0.2, 0.25) is 0 Å². The Hall–Kier alpha value is -5.14. The molecular weight excluding hydrogens is 946 g/mol. The summed E-state index contributed by atoms with van der Waals surface area (Å²) in [4.78, 5) is 132. The Morgan fingerprint density at radius 1 is 1.00 bits per heavy atom. The predicted octanol–water partition coefficient (Wildman–Crippen LogP) is 6.77. The Morgan fingerprint density at radius 3 is 2.29 bits per heavy atom. The molecule has 2 aromatic rings. The monoisotopic (exact) mass is 1020 g/mol. The minimum Gasteiger partial charge on any atom is -0.481 e. The summed E-state index contributed by atoms with van der Waals surface area (Å²) in [5.41, 5.74) is 0.461. The van der Waals surface area contributed by atoms with Gasteiger partial charge in [0.15, 0.2) is 23.4 Å². The number of hydrogen-bond donors (Lipinski definition) is 4. The zero-order chi connectivity index (χ0) is 52.0. The first-order valence-corrected chi connectivity index (χ1v) is 26.4. The second-order valence-electron chi connectivity index (χ2n) is 19.1. The molecule has 2 aliphatic heterocycles. The zero-order valence-electron chi connectivity index (χ0n) is 41.5. The molecule has 0 aliphatic carbocycles. The summed E-state index contributed by atoms with van der Waals surface area (Å²) in [5.74, 6) is -6.22. The van der Waals surface area contributed by atoms with E-state index in [4.69, 9.17) is 9.26 Å². The van der Waals surface area contributed by atoms with E-state index >= 15 is 0 Å². The topological polar surface area (TPSA) is 267 Å². The molecule has 4 rings (SSSR count). The fourth-order valence-electron chi connectivity index (χ4n) is 9.11. The number of anilines is 1. The molecule has 1 aromatic heterocycles. The number of carbonyl (C=O) groups is 8. The average molecular weight is 1020 g/mol. The van der Waals surface area contributed by atoms with Crippen molar-refractivity contribution in [3.63, 3.8) is 0 Å². The lowest BCUT2D eigenvalue weighted by Gasteiger charge is -2.37. The number of nitrogens with zero attached hydrogens (tertiary/aromatic N) is 4. The van der Waals surface area contributed by atoms with E-state index in [-0.39, 0.29) is 98.2 Å². The number of ether oxygens (including phenoxy) is 1. The second kappa shape index (κ2) is 26.3. The smallest absolute Gasteiger partial charge is 0.481 e. The van der Waals surface area contributed by atoms with E-state index in [1.54, 1.807) is 11.9 Å².